The summed E-state index contributed by atoms with van der Waals surface area (Å²) in [5, 5.41) is 2.72. The molecule has 1 amide bonds. The topological polar surface area (TPSA) is 68.3 Å². The van der Waals surface area contributed by atoms with Gasteiger partial charge < -0.3 is 10.1 Å². The van der Waals surface area contributed by atoms with Crippen LogP contribution >= 0.6 is 0 Å². The monoisotopic (exact) mass is 298 g/mol. The number of nitrogens with one attached hydrogen (secondary N) is 1. The van der Waals surface area contributed by atoms with Gasteiger partial charge in [-0.1, -0.05) is 19.1 Å². The van der Waals surface area contributed by atoms with Gasteiger partial charge >= 0.3 is 5.97 Å². The fourth-order valence-electron chi connectivity index (χ4n) is 1.84. The van der Waals surface area contributed by atoms with Crippen LogP contribution in [-0.2, 0) is 16.0 Å². The van der Waals surface area contributed by atoms with Gasteiger partial charge in [-0.05, 0) is 43.2 Å². The molecule has 5 heteroatoms. The summed E-state index contributed by atoms with van der Waals surface area (Å²) in [6.07, 6.45) is 3.05. The second-order valence-electron chi connectivity index (χ2n) is 4.82. The molecule has 22 heavy (non-hydrogen) atoms. The SMILES string of the molecule is CCc1ccc(NC(=O)[C@H](C)OC(=O)c2ccncc2)cc1. The van der Waals surface area contributed by atoms with Gasteiger partial charge in [-0.25, -0.2) is 4.79 Å². The summed E-state index contributed by atoms with van der Waals surface area (Å²) in [4.78, 5) is 27.7. The zero-order valence-corrected chi connectivity index (χ0v) is 12.6. The van der Waals surface area contributed by atoms with Gasteiger partial charge in [-0.15, -0.1) is 0 Å². The smallest absolute Gasteiger partial charge is 0.339 e. The largest absolute Gasteiger partial charge is 0.449 e. The van der Waals surface area contributed by atoms with E-state index in [0.717, 1.165) is 6.42 Å². The molecule has 2 aromatic rings. The third kappa shape index (κ3) is 4.15. The number of aromatic nitrogens is 1. The minimum absolute atomic E-state index is 0.363. The lowest BCUT2D eigenvalue weighted by Crippen LogP contribution is -2.30. The molecule has 0 radical (unpaired) electrons. The first-order chi connectivity index (χ1) is 10.6. The Morgan fingerprint density at radius 2 is 1.77 bits per heavy atom. The van der Waals surface area contributed by atoms with Crippen molar-refractivity contribution < 1.29 is 14.3 Å². The number of esters is 1. The van der Waals surface area contributed by atoms with Crippen molar-refractivity contribution in [1.82, 2.24) is 4.98 Å². The molecule has 1 N–H and O–H groups in total. The summed E-state index contributed by atoms with van der Waals surface area (Å²) in [6.45, 7) is 3.60. The first-order valence-corrected chi connectivity index (χ1v) is 7.11. The number of hydrogen-bond acceptors (Lipinski definition) is 4. The van der Waals surface area contributed by atoms with Gasteiger partial charge in [-0.3, -0.25) is 9.78 Å². The Morgan fingerprint density at radius 3 is 2.36 bits per heavy atom. The Morgan fingerprint density at radius 1 is 1.14 bits per heavy atom. The minimum Gasteiger partial charge on any atom is -0.449 e. The van der Waals surface area contributed by atoms with E-state index >= 15 is 0 Å². The molecular weight excluding hydrogens is 280 g/mol. The summed E-state index contributed by atoms with van der Waals surface area (Å²) in [5.41, 5.74) is 2.23. The average Bonchev–Trinajstić information content (AvgIpc) is 2.56. The average molecular weight is 298 g/mol. The summed E-state index contributed by atoms with van der Waals surface area (Å²) in [7, 11) is 0. The molecule has 0 aliphatic carbocycles. The number of amides is 1. The molecule has 2 rings (SSSR count). The molecule has 0 saturated heterocycles. The van der Waals surface area contributed by atoms with Crippen LogP contribution in [0.15, 0.2) is 48.8 Å². The van der Waals surface area contributed by atoms with Crippen LogP contribution in [0, 0.1) is 0 Å². The van der Waals surface area contributed by atoms with Gasteiger partial charge in [0, 0.05) is 18.1 Å². The van der Waals surface area contributed by atoms with Gasteiger partial charge in [-0.2, -0.15) is 0 Å². The zero-order valence-electron chi connectivity index (χ0n) is 12.6. The Kier molecular flexibility index (Phi) is 5.25. The quantitative estimate of drug-likeness (QED) is 0.862. The Balaban J connectivity index is 1.92. The number of carbonyl (C=O) groups excluding carboxylic acids is 2. The Hall–Kier alpha value is -2.69. The number of carbonyl (C=O) groups is 2. The van der Waals surface area contributed by atoms with Crippen molar-refractivity contribution in [3.63, 3.8) is 0 Å². The van der Waals surface area contributed by atoms with E-state index in [1.54, 1.807) is 0 Å². The van der Waals surface area contributed by atoms with Crippen LogP contribution in [0.4, 0.5) is 5.69 Å². The van der Waals surface area contributed by atoms with E-state index in [-0.39, 0.29) is 5.91 Å². The van der Waals surface area contributed by atoms with Gasteiger partial charge in [0.2, 0.25) is 0 Å². The molecule has 1 atom stereocenters. The molecule has 0 fully saturated rings. The summed E-state index contributed by atoms with van der Waals surface area (Å²) >= 11 is 0. The maximum absolute atomic E-state index is 12.0. The van der Waals surface area contributed by atoms with E-state index in [4.69, 9.17) is 4.74 Å². The maximum atomic E-state index is 12.0. The van der Waals surface area contributed by atoms with Crippen LogP contribution in [0.5, 0.6) is 0 Å². The lowest BCUT2D eigenvalue weighted by Gasteiger charge is -2.13. The molecule has 1 heterocycles. The van der Waals surface area contributed by atoms with Gasteiger partial charge in [0.15, 0.2) is 6.10 Å². The Labute approximate surface area is 129 Å². The number of nitrogens with zero attached hydrogens (tertiary/aromatic N) is 1. The van der Waals surface area contributed by atoms with E-state index < -0.39 is 12.1 Å². The van der Waals surface area contributed by atoms with Crippen molar-refractivity contribution in [2.75, 3.05) is 5.32 Å². The molecule has 0 aliphatic rings. The van der Waals surface area contributed by atoms with Crippen LogP contribution in [0.3, 0.4) is 0 Å². The molecule has 0 unspecified atom stereocenters. The predicted molar refractivity (Wildman–Crippen MR) is 83.6 cm³/mol. The molecule has 1 aromatic carbocycles. The first kappa shape index (κ1) is 15.7. The highest BCUT2D eigenvalue weighted by atomic mass is 16.5. The summed E-state index contributed by atoms with van der Waals surface area (Å²) < 4.78 is 5.14. The standard InChI is InChI=1S/C17H18N2O3/c1-3-13-4-6-15(7-5-13)19-16(20)12(2)22-17(21)14-8-10-18-11-9-14/h4-12H,3H2,1-2H3,(H,19,20)/t12-/m0/s1. The Bertz CT molecular complexity index is 639. The molecule has 0 saturated carbocycles. The third-order valence-electron chi connectivity index (χ3n) is 3.20. The van der Waals surface area contributed by atoms with Crippen molar-refractivity contribution in [3.05, 3.63) is 59.9 Å². The van der Waals surface area contributed by atoms with E-state index in [2.05, 4.69) is 17.2 Å². The van der Waals surface area contributed by atoms with E-state index in [1.807, 2.05) is 24.3 Å². The van der Waals surface area contributed by atoms with E-state index in [1.165, 1.54) is 37.0 Å². The van der Waals surface area contributed by atoms with Gasteiger partial charge in [0.25, 0.3) is 5.91 Å². The number of ether oxygens (including phenoxy) is 1. The highest BCUT2D eigenvalue weighted by Crippen LogP contribution is 2.11. The molecular formula is C17H18N2O3. The normalized spacial score (nSPS) is 11.5. The number of aryl methyl sites for hydroxylation is 1. The van der Waals surface area contributed by atoms with Crippen LogP contribution < -0.4 is 5.32 Å². The second kappa shape index (κ2) is 7.36. The van der Waals surface area contributed by atoms with Crippen molar-refractivity contribution in [1.29, 1.82) is 0 Å². The van der Waals surface area contributed by atoms with Crippen LogP contribution in [0.1, 0.15) is 29.8 Å². The lowest BCUT2D eigenvalue weighted by atomic mass is 10.1. The predicted octanol–water partition coefficient (Wildman–Crippen LogP) is 2.83. The first-order valence-electron chi connectivity index (χ1n) is 7.11. The number of rotatable bonds is 5. The summed E-state index contributed by atoms with van der Waals surface area (Å²) in [5.74, 6) is -0.918. The highest BCUT2D eigenvalue weighted by Gasteiger charge is 2.18. The van der Waals surface area contributed by atoms with Crippen molar-refractivity contribution >= 4 is 17.6 Å². The van der Waals surface area contributed by atoms with Gasteiger partial charge in [0.05, 0.1) is 5.56 Å². The fraction of sp³-hybridized carbons (Fsp3) is 0.235. The van der Waals surface area contributed by atoms with E-state index in [9.17, 15) is 9.59 Å². The minimum atomic E-state index is -0.883. The van der Waals surface area contributed by atoms with Crippen LogP contribution in [0.2, 0.25) is 0 Å². The van der Waals surface area contributed by atoms with Crippen molar-refractivity contribution in [2.24, 2.45) is 0 Å². The fourth-order valence-corrected chi connectivity index (χ4v) is 1.84. The lowest BCUT2D eigenvalue weighted by molar-refractivity contribution is -0.123. The number of pyridine rings is 1. The highest BCUT2D eigenvalue weighted by molar-refractivity contribution is 5.97. The number of anilines is 1. The maximum Gasteiger partial charge on any atom is 0.339 e. The third-order valence-corrected chi connectivity index (χ3v) is 3.20. The van der Waals surface area contributed by atoms with Crippen molar-refractivity contribution in [2.45, 2.75) is 26.4 Å². The zero-order chi connectivity index (χ0) is 15.9. The number of hydrogen-bond donors (Lipinski definition) is 1. The molecule has 0 bridgehead atoms. The molecule has 0 spiro atoms. The molecule has 0 aliphatic heterocycles. The van der Waals surface area contributed by atoms with Crippen LogP contribution in [-0.4, -0.2) is 23.0 Å². The van der Waals surface area contributed by atoms with Crippen molar-refractivity contribution in [3.8, 4) is 0 Å². The second-order valence-corrected chi connectivity index (χ2v) is 4.82. The molecule has 5 nitrogen and oxygen atoms in total. The molecule has 114 valence electrons. The molecule has 1 aromatic heterocycles. The van der Waals surface area contributed by atoms with Crippen LogP contribution in [0.25, 0.3) is 0 Å². The van der Waals surface area contributed by atoms with E-state index in [0.29, 0.717) is 11.3 Å². The van der Waals surface area contributed by atoms with Gasteiger partial charge in [0.1, 0.15) is 0 Å². The summed E-state index contributed by atoms with van der Waals surface area (Å²) in [6, 6.07) is 10.6. The number of benzene rings is 1.